The first kappa shape index (κ1) is 24.5. The summed E-state index contributed by atoms with van der Waals surface area (Å²) in [6.45, 7) is 3.07. The number of thiazole rings is 1. The van der Waals surface area contributed by atoms with Crippen molar-refractivity contribution < 1.29 is 22.0 Å². The van der Waals surface area contributed by atoms with Gasteiger partial charge in [0.2, 0.25) is 17.7 Å². The number of nitrogens with one attached hydrogen (secondary N) is 2. The van der Waals surface area contributed by atoms with Gasteiger partial charge < -0.3 is 9.73 Å². The third kappa shape index (κ3) is 4.53. The fourth-order valence-electron chi connectivity index (χ4n) is 3.74. The Morgan fingerprint density at radius 2 is 1.92 bits per heavy atom. The fourth-order valence-corrected chi connectivity index (χ4v) is 7.37. The molecule has 1 saturated heterocycles. The zero-order valence-corrected chi connectivity index (χ0v) is 21.5. The summed E-state index contributed by atoms with van der Waals surface area (Å²) in [6.07, 6.45) is 0.0369. The van der Waals surface area contributed by atoms with Gasteiger partial charge in [0, 0.05) is 6.42 Å². The van der Waals surface area contributed by atoms with Crippen molar-refractivity contribution >= 4 is 54.2 Å². The summed E-state index contributed by atoms with van der Waals surface area (Å²) in [7, 11) is -3.89. The molecule has 0 radical (unpaired) electrons. The monoisotopic (exact) mass is 545 g/mol. The van der Waals surface area contributed by atoms with Crippen LogP contribution in [-0.4, -0.2) is 45.2 Å². The van der Waals surface area contributed by atoms with Gasteiger partial charge in [0.25, 0.3) is 0 Å². The van der Waals surface area contributed by atoms with Crippen molar-refractivity contribution in [2.75, 3.05) is 0 Å². The molecule has 5 rings (SSSR count). The van der Waals surface area contributed by atoms with Crippen molar-refractivity contribution in [2.45, 2.75) is 36.0 Å². The number of hydrogen-bond donors (Lipinski definition) is 2. The third-order valence-corrected chi connectivity index (χ3v) is 10.3. The number of aromatic nitrogens is 3. The standard InChI is InChI=1S/C23H20FN5O4S3/c1-11(2)36(31,32)19(21-29-28-17(33-21)10-16-20(30)27-23(25)35-16)22-26-18-14(24)8-13(9-15(18)34-22)12-6-4-3-5-7-12/h3-9,11,16,19H,10H2,1-2H3,(H2,25,27,30). The summed E-state index contributed by atoms with van der Waals surface area (Å²) in [5.41, 5.74) is 1.54. The van der Waals surface area contributed by atoms with Gasteiger partial charge in [-0.1, -0.05) is 42.1 Å². The Labute approximate surface area is 214 Å². The molecule has 1 amide bonds. The third-order valence-electron chi connectivity index (χ3n) is 5.64. The number of nitrogens with zero attached hydrogens (tertiary/aromatic N) is 3. The van der Waals surface area contributed by atoms with Gasteiger partial charge in [-0.15, -0.1) is 21.5 Å². The van der Waals surface area contributed by atoms with Gasteiger partial charge in [-0.3, -0.25) is 10.2 Å². The van der Waals surface area contributed by atoms with Crippen LogP contribution >= 0.6 is 23.1 Å². The lowest BCUT2D eigenvalue weighted by Gasteiger charge is -2.14. The first-order valence-corrected chi connectivity index (χ1v) is 14.2. The van der Waals surface area contributed by atoms with Crippen LogP contribution in [0.2, 0.25) is 0 Å². The number of thioether (sulfide) groups is 1. The van der Waals surface area contributed by atoms with Crippen molar-refractivity contribution in [3.63, 3.8) is 0 Å². The van der Waals surface area contributed by atoms with Crippen LogP contribution < -0.4 is 5.32 Å². The SMILES string of the molecule is CC(C)S(=O)(=O)C(c1nnc(CC2SC(=N)NC2=O)o1)c1nc2c(F)cc(-c3ccccc3)cc2s1. The molecule has 36 heavy (non-hydrogen) atoms. The van der Waals surface area contributed by atoms with Crippen molar-refractivity contribution in [2.24, 2.45) is 0 Å². The van der Waals surface area contributed by atoms with Crippen molar-refractivity contribution in [3.05, 3.63) is 65.1 Å². The van der Waals surface area contributed by atoms with E-state index in [0.29, 0.717) is 10.3 Å². The largest absolute Gasteiger partial charge is 0.423 e. The molecular weight excluding hydrogens is 525 g/mol. The van der Waals surface area contributed by atoms with E-state index in [9.17, 15) is 13.2 Å². The molecule has 1 fully saturated rings. The Balaban J connectivity index is 1.56. The minimum Gasteiger partial charge on any atom is -0.423 e. The van der Waals surface area contributed by atoms with Crippen LogP contribution in [0.3, 0.4) is 0 Å². The zero-order valence-electron chi connectivity index (χ0n) is 19.1. The number of rotatable bonds is 7. The van der Waals surface area contributed by atoms with E-state index in [-0.39, 0.29) is 39.8 Å². The highest BCUT2D eigenvalue weighted by Gasteiger charge is 2.40. The molecule has 1 aliphatic heterocycles. The van der Waals surface area contributed by atoms with Gasteiger partial charge in [-0.05, 0) is 37.1 Å². The molecule has 2 aromatic carbocycles. The summed E-state index contributed by atoms with van der Waals surface area (Å²) in [5, 5.41) is 15.2. The van der Waals surface area contributed by atoms with Gasteiger partial charge in [0.05, 0.1) is 9.95 Å². The molecule has 1 aliphatic rings. The number of amidine groups is 1. The van der Waals surface area contributed by atoms with Crippen LogP contribution in [0.25, 0.3) is 21.3 Å². The average Bonchev–Trinajstić information content (AvgIpc) is 3.54. The highest BCUT2D eigenvalue weighted by molar-refractivity contribution is 8.15. The molecule has 4 aromatic rings. The Kier molecular flexibility index (Phi) is 6.39. The number of amides is 1. The van der Waals surface area contributed by atoms with E-state index in [2.05, 4.69) is 20.5 Å². The molecule has 2 atom stereocenters. The van der Waals surface area contributed by atoms with Gasteiger partial charge in [0.1, 0.15) is 15.8 Å². The predicted molar refractivity (Wildman–Crippen MR) is 136 cm³/mol. The summed E-state index contributed by atoms with van der Waals surface area (Å²) in [5.74, 6) is -1.05. The first-order chi connectivity index (χ1) is 17.1. The second kappa shape index (κ2) is 9.37. The van der Waals surface area contributed by atoms with E-state index < -0.39 is 31.4 Å². The summed E-state index contributed by atoms with van der Waals surface area (Å²) in [6, 6.07) is 12.4. The smallest absolute Gasteiger partial charge is 0.241 e. The maximum Gasteiger partial charge on any atom is 0.241 e. The Bertz CT molecular complexity index is 1580. The molecule has 3 heterocycles. The van der Waals surface area contributed by atoms with E-state index in [4.69, 9.17) is 9.83 Å². The second-order valence-electron chi connectivity index (χ2n) is 8.40. The molecule has 2 N–H and O–H groups in total. The summed E-state index contributed by atoms with van der Waals surface area (Å²) < 4.78 is 48.0. The number of carbonyl (C=O) groups is 1. The minimum atomic E-state index is -3.89. The van der Waals surface area contributed by atoms with E-state index in [1.807, 2.05) is 30.3 Å². The number of fused-ring (bicyclic) bond motifs is 1. The fraction of sp³-hybridized carbons (Fsp3) is 0.261. The van der Waals surface area contributed by atoms with Crippen LogP contribution in [-0.2, 0) is 21.1 Å². The Morgan fingerprint density at radius 3 is 2.58 bits per heavy atom. The Morgan fingerprint density at radius 1 is 1.17 bits per heavy atom. The average molecular weight is 546 g/mol. The number of benzene rings is 2. The van der Waals surface area contributed by atoms with E-state index >= 15 is 4.39 Å². The molecule has 2 aromatic heterocycles. The first-order valence-electron chi connectivity index (χ1n) is 10.9. The topological polar surface area (TPSA) is 139 Å². The molecule has 0 saturated carbocycles. The number of halogens is 1. The number of sulfone groups is 1. The van der Waals surface area contributed by atoms with Gasteiger partial charge in [0.15, 0.2) is 26.1 Å². The predicted octanol–water partition coefficient (Wildman–Crippen LogP) is 4.11. The van der Waals surface area contributed by atoms with Gasteiger partial charge in [-0.2, -0.15) is 0 Å². The van der Waals surface area contributed by atoms with Gasteiger partial charge >= 0.3 is 0 Å². The lowest BCUT2D eigenvalue weighted by Crippen LogP contribution is -2.25. The summed E-state index contributed by atoms with van der Waals surface area (Å²) >= 11 is 2.08. The van der Waals surface area contributed by atoms with E-state index in [0.717, 1.165) is 28.7 Å². The van der Waals surface area contributed by atoms with Crippen LogP contribution in [0.4, 0.5) is 4.39 Å². The molecule has 0 spiro atoms. The van der Waals surface area contributed by atoms with E-state index in [1.54, 1.807) is 6.07 Å². The van der Waals surface area contributed by atoms with Crippen LogP contribution in [0.1, 0.15) is 35.9 Å². The molecule has 9 nitrogen and oxygen atoms in total. The number of hydrogen-bond acceptors (Lipinski definition) is 10. The zero-order chi connectivity index (χ0) is 25.6. The lowest BCUT2D eigenvalue weighted by atomic mass is 10.1. The molecule has 0 bridgehead atoms. The van der Waals surface area contributed by atoms with Crippen molar-refractivity contribution in [3.8, 4) is 11.1 Å². The molecule has 13 heteroatoms. The van der Waals surface area contributed by atoms with Crippen LogP contribution in [0.5, 0.6) is 0 Å². The van der Waals surface area contributed by atoms with Crippen LogP contribution in [0, 0.1) is 11.2 Å². The van der Waals surface area contributed by atoms with E-state index in [1.165, 1.54) is 19.9 Å². The number of carbonyl (C=O) groups excluding carboxylic acids is 1. The Hall–Kier alpha value is -3.16. The van der Waals surface area contributed by atoms with Gasteiger partial charge in [-0.25, -0.2) is 17.8 Å². The lowest BCUT2D eigenvalue weighted by molar-refractivity contribution is -0.118. The van der Waals surface area contributed by atoms with Crippen molar-refractivity contribution in [1.29, 1.82) is 5.41 Å². The van der Waals surface area contributed by atoms with Crippen LogP contribution in [0.15, 0.2) is 46.9 Å². The molecule has 186 valence electrons. The second-order valence-corrected chi connectivity index (χ2v) is 13.3. The molecule has 2 unspecified atom stereocenters. The highest BCUT2D eigenvalue weighted by Crippen LogP contribution is 2.39. The summed E-state index contributed by atoms with van der Waals surface area (Å²) in [4.78, 5) is 16.3. The quantitative estimate of drug-likeness (QED) is 0.354. The molecular formula is C23H20FN5O4S3. The maximum absolute atomic E-state index is 15.1. The maximum atomic E-state index is 15.1. The van der Waals surface area contributed by atoms with Crippen molar-refractivity contribution in [1.82, 2.24) is 20.5 Å². The minimum absolute atomic E-state index is 0.0244. The normalized spacial score (nSPS) is 17.2. The molecule has 0 aliphatic carbocycles. The highest BCUT2D eigenvalue weighted by atomic mass is 32.2.